The molecule has 0 aromatic carbocycles. The van der Waals surface area contributed by atoms with Crippen LogP contribution in [0.3, 0.4) is 0 Å². The summed E-state index contributed by atoms with van der Waals surface area (Å²) >= 11 is 0. The fourth-order valence-corrected chi connectivity index (χ4v) is 2.46. The van der Waals surface area contributed by atoms with E-state index in [0.29, 0.717) is 16.8 Å². The van der Waals surface area contributed by atoms with Gasteiger partial charge in [-0.25, -0.2) is 9.78 Å². The van der Waals surface area contributed by atoms with Gasteiger partial charge in [-0.3, -0.25) is 0 Å². The van der Waals surface area contributed by atoms with Crippen molar-refractivity contribution in [3.8, 4) is 0 Å². The van der Waals surface area contributed by atoms with Crippen LogP contribution in [0.5, 0.6) is 0 Å². The largest absolute Gasteiger partial charge is 0.478 e. The minimum absolute atomic E-state index is 0.319. The van der Waals surface area contributed by atoms with Gasteiger partial charge in [-0.1, -0.05) is 6.92 Å². The third-order valence-corrected chi connectivity index (χ3v) is 4.07. The molecule has 0 radical (unpaired) electrons. The second kappa shape index (κ2) is 3.97. The van der Waals surface area contributed by atoms with Crippen LogP contribution in [0, 0.1) is 5.41 Å². The Morgan fingerprint density at radius 1 is 1.50 bits per heavy atom. The van der Waals surface area contributed by atoms with Crippen molar-refractivity contribution in [1.29, 1.82) is 0 Å². The first kappa shape index (κ1) is 11.5. The van der Waals surface area contributed by atoms with E-state index < -0.39 is 5.97 Å². The molecule has 2 N–H and O–H groups in total. The van der Waals surface area contributed by atoms with E-state index in [1.165, 1.54) is 12.8 Å². The molecule has 0 aliphatic heterocycles. The molecule has 2 aliphatic rings. The second-order valence-corrected chi connectivity index (χ2v) is 5.81. The minimum Gasteiger partial charge on any atom is -0.478 e. The highest BCUT2D eigenvalue weighted by Gasteiger charge is 2.37. The lowest BCUT2D eigenvalue weighted by atomic mass is 10.1. The molecule has 0 spiro atoms. The molecule has 0 bridgehead atoms. The summed E-state index contributed by atoms with van der Waals surface area (Å²) in [6.07, 6.45) is 5.45. The van der Waals surface area contributed by atoms with Crippen LogP contribution in [0.15, 0.2) is 6.07 Å². The summed E-state index contributed by atoms with van der Waals surface area (Å²) in [4.78, 5) is 15.8. The van der Waals surface area contributed by atoms with Gasteiger partial charge in [-0.2, -0.15) is 0 Å². The summed E-state index contributed by atoms with van der Waals surface area (Å²) in [5.74, 6) is -0.336. The molecule has 0 saturated heterocycles. The number of aromatic nitrogens is 1. The number of fused-ring (bicyclic) bond motifs is 1. The van der Waals surface area contributed by atoms with E-state index in [0.717, 1.165) is 37.1 Å². The van der Waals surface area contributed by atoms with Crippen molar-refractivity contribution in [1.82, 2.24) is 4.98 Å². The van der Waals surface area contributed by atoms with E-state index in [2.05, 4.69) is 17.2 Å². The van der Waals surface area contributed by atoms with Gasteiger partial charge in [-0.15, -0.1) is 0 Å². The minimum atomic E-state index is -0.888. The Hall–Kier alpha value is -1.58. The van der Waals surface area contributed by atoms with Crippen molar-refractivity contribution in [3.63, 3.8) is 0 Å². The topological polar surface area (TPSA) is 62.2 Å². The maximum atomic E-state index is 11.3. The van der Waals surface area contributed by atoms with Crippen molar-refractivity contribution in [2.45, 2.75) is 39.0 Å². The lowest BCUT2D eigenvalue weighted by molar-refractivity contribution is 0.0697. The quantitative estimate of drug-likeness (QED) is 0.856. The first-order valence-corrected chi connectivity index (χ1v) is 6.57. The fraction of sp³-hybridized carbons (Fsp3) is 0.571. The predicted molar refractivity (Wildman–Crippen MR) is 69.1 cm³/mol. The summed E-state index contributed by atoms with van der Waals surface area (Å²) in [6.45, 7) is 3.03. The summed E-state index contributed by atoms with van der Waals surface area (Å²) in [6, 6.07) is 1.80. The van der Waals surface area contributed by atoms with E-state index in [9.17, 15) is 9.90 Å². The maximum absolute atomic E-state index is 11.3. The number of aromatic carboxylic acids is 1. The molecule has 0 amide bonds. The number of rotatable bonds is 4. The standard InChI is InChI=1S/C14H18N2O2/c1-14(5-6-14)8-15-12-10(13(17)18)7-9-3-2-4-11(9)16-12/h7H,2-6,8H2,1H3,(H,15,16)(H,17,18). The Balaban J connectivity index is 1.88. The number of nitrogens with one attached hydrogen (secondary N) is 1. The number of pyridine rings is 1. The van der Waals surface area contributed by atoms with E-state index >= 15 is 0 Å². The van der Waals surface area contributed by atoms with Crippen LogP contribution >= 0.6 is 0 Å². The van der Waals surface area contributed by atoms with Crippen molar-refractivity contribution < 1.29 is 9.90 Å². The summed E-state index contributed by atoms with van der Waals surface area (Å²) in [7, 11) is 0. The first-order chi connectivity index (χ1) is 8.57. The summed E-state index contributed by atoms with van der Waals surface area (Å²) < 4.78 is 0. The second-order valence-electron chi connectivity index (χ2n) is 5.81. The Morgan fingerprint density at radius 2 is 2.28 bits per heavy atom. The van der Waals surface area contributed by atoms with Crippen LogP contribution in [0.25, 0.3) is 0 Å². The Morgan fingerprint density at radius 3 is 2.94 bits per heavy atom. The van der Waals surface area contributed by atoms with Crippen molar-refractivity contribution in [2.75, 3.05) is 11.9 Å². The molecule has 1 fully saturated rings. The van der Waals surface area contributed by atoms with E-state index in [1.54, 1.807) is 6.07 Å². The van der Waals surface area contributed by atoms with Gasteiger partial charge in [0.25, 0.3) is 0 Å². The van der Waals surface area contributed by atoms with Crippen LogP contribution in [0.4, 0.5) is 5.82 Å². The van der Waals surface area contributed by atoms with Crippen molar-refractivity contribution in [2.24, 2.45) is 5.41 Å². The molecule has 0 atom stereocenters. The molecule has 1 aromatic heterocycles. The fourth-order valence-electron chi connectivity index (χ4n) is 2.46. The Kier molecular flexibility index (Phi) is 2.54. The monoisotopic (exact) mass is 246 g/mol. The number of hydrogen-bond donors (Lipinski definition) is 2. The molecule has 1 saturated carbocycles. The van der Waals surface area contributed by atoms with Crippen LogP contribution in [-0.4, -0.2) is 22.6 Å². The molecule has 96 valence electrons. The molecular formula is C14H18N2O2. The average molecular weight is 246 g/mol. The average Bonchev–Trinajstić information content (AvgIpc) is 2.90. The van der Waals surface area contributed by atoms with Gasteiger partial charge in [0, 0.05) is 12.2 Å². The van der Waals surface area contributed by atoms with Crippen LogP contribution in [0.2, 0.25) is 0 Å². The first-order valence-electron chi connectivity index (χ1n) is 6.57. The van der Waals surface area contributed by atoms with E-state index in [-0.39, 0.29) is 0 Å². The van der Waals surface area contributed by atoms with Crippen LogP contribution < -0.4 is 5.32 Å². The van der Waals surface area contributed by atoms with Gasteiger partial charge in [0.2, 0.25) is 0 Å². The summed E-state index contributed by atoms with van der Waals surface area (Å²) in [5, 5.41) is 12.5. The van der Waals surface area contributed by atoms with E-state index in [1.807, 2.05) is 0 Å². The van der Waals surface area contributed by atoms with E-state index in [4.69, 9.17) is 0 Å². The molecule has 3 rings (SSSR count). The van der Waals surface area contributed by atoms with Crippen molar-refractivity contribution >= 4 is 11.8 Å². The van der Waals surface area contributed by atoms with Gasteiger partial charge in [-0.05, 0) is 49.1 Å². The normalized spacial score (nSPS) is 19.4. The zero-order chi connectivity index (χ0) is 12.8. The molecule has 4 heteroatoms. The third kappa shape index (κ3) is 2.07. The SMILES string of the molecule is CC1(CNc2nc3c(cc2C(=O)O)CCC3)CC1. The zero-order valence-electron chi connectivity index (χ0n) is 10.6. The Bertz CT molecular complexity index is 507. The Labute approximate surface area is 106 Å². The van der Waals surface area contributed by atoms with Gasteiger partial charge < -0.3 is 10.4 Å². The predicted octanol–water partition coefficient (Wildman–Crippen LogP) is 2.48. The molecule has 2 aliphatic carbocycles. The number of carboxylic acid groups (broad SMARTS) is 1. The van der Waals surface area contributed by atoms with Gasteiger partial charge in [0.1, 0.15) is 11.4 Å². The highest BCUT2D eigenvalue weighted by Crippen LogP contribution is 2.44. The molecule has 4 nitrogen and oxygen atoms in total. The van der Waals surface area contributed by atoms with Gasteiger partial charge >= 0.3 is 5.97 Å². The van der Waals surface area contributed by atoms with Crippen LogP contribution in [0.1, 0.15) is 47.8 Å². The molecule has 1 heterocycles. The smallest absolute Gasteiger partial charge is 0.339 e. The number of aryl methyl sites for hydroxylation is 2. The lowest BCUT2D eigenvalue weighted by Gasteiger charge is -2.14. The number of anilines is 1. The van der Waals surface area contributed by atoms with Gasteiger partial charge in [0.15, 0.2) is 0 Å². The van der Waals surface area contributed by atoms with Gasteiger partial charge in [0.05, 0.1) is 0 Å². The highest BCUT2D eigenvalue weighted by molar-refractivity contribution is 5.93. The lowest BCUT2D eigenvalue weighted by Crippen LogP contribution is -2.16. The number of carboxylic acids is 1. The third-order valence-electron chi connectivity index (χ3n) is 4.07. The summed E-state index contributed by atoms with van der Waals surface area (Å²) in [5.41, 5.74) is 2.84. The van der Waals surface area contributed by atoms with Crippen LogP contribution in [-0.2, 0) is 12.8 Å². The number of nitrogens with zero attached hydrogens (tertiary/aromatic N) is 1. The van der Waals surface area contributed by atoms with Crippen molar-refractivity contribution in [3.05, 3.63) is 22.9 Å². The molecule has 0 unspecified atom stereocenters. The molecular weight excluding hydrogens is 228 g/mol. The molecule has 1 aromatic rings. The highest BCUT2D eigenvalue weighted by atomic mass is 16.4. The molecule has 18 heavy (non-hydrogen) atoms. The zero-order valence-corrected chi connectivity index (χ0v) is 10.6. The maximum Gasteiger partial charge on any atom is 0.339 e. The number of hydrogen-bond acceptors (Lipinski definition) is 3. The number of carbonyl (C=O) groups is 1.